The maximum absolute atomic E-state index is 13.0. The molecule has 2 aliphatic rings. The number of hydrogen-bond donors (Lipinski definition) is 7. The molecule has 0 spiro atoms. The van der Waals surface area contributed by atoms with Gasteiger partial charge in [0.25, 0.3) is 0 Å². The van der Waals surface area contributed by atoms with Gasteiger partial charge in [0.05, 0.1) is 19.8 Å². The smallest absolute Gasteiger partial charge is 0.306 e. The van der Waals surface area contributed by atoms with E-state index in [1.54, 1.807) is 0 Å². The fourth-order valence-electron chi connectivity index (χ4n) is 7.75. The third-order valence-electron chi connectivity index (χ3n) is 12.0. The first-order valence-electron chi connectivity index (χ1n) is 25.7. The van der Waals surface area contributed by atoms with Crippen molar-refractivity contribution in [1.82, 2.24) is 0 Å². The van der Waals surface area contributed by atoms with Crippen molar-refractivity contribution in [3.63, 3.8) is 0 Å². The fourth-order valence-corrected chi connectivity index (χ4v) is 7.75. The van der Waals surface area contributed by atoms with Crippen LogP contribution in [0.4, 0.5) is 0 Å². The van der Waals surface area contributed by atoms with Crippen molar-refractivity contribution in [2.24, 2.45) is 0 Å². The summed E-state index contributed by atoms with van der Waals surface area (Å²) in [4.78, 5) is 25.7. The van der Waals surface area contributed by atoms with Crippen molar-refractivity contribution in [3.8, 4) is 0 Å². The number of ether oxygens (including phenoxy) is 6. The molecule has 7 N–H and O–H groups in total. The fraction of sp³-hybridized carbons (Fsp3) is 0.808. The maximum atomic E-state index is 13.0. The highest BCUT2D eigenvalue weighted by Gasteiger charge is 2.47. The lowest BCUT2D eigenvalue weighted by molar-refractivity contribution is -0.332. The van der Waals surface area contributed by atoms with E-state index in [1.165, 1.54) is 44.9 Å². The van der Waals surface area contributed by atoms with Crippen LogP contribution in [0.1, 0.15) is 174 Å². The van der Waals surface area contributed by atoms with Gasteiger partial charge in [-0.3, -0.25) is 9.59 Å². The lowest BCUT2D eigenvalue weighted by Gasteiger charge is -2.42. The molecule has 2 fully saturated rings. The van der Waals surface area contributed by atoms with Crippen molar-refractivity contribution in [3.05, 3.63) is 48.6 Å². The molecule has 2 aliphatic heterocycles. The zero-order chi connectivity index (χ0) is 48.9. The van der Waals surface area contributed by atoms with Crippen LogP contribution in [-0.2, 0) is 38.0 Å². The van der Waals surface area contributed by atoms with E-state index in [1.807, 2.05) is 0 Å². The van der Waals surface area contributed by atoms with Crippen molar-refractivity contribution in [1.29, 1.82) is 0 Å². The number of hydrogen-bond acceptors (Lipinski definition) is 15. The van der Waals surface area contributed by atoms with Gasteiger partial charge in [0.1, 0.15) is 55.4 Å². The third-order valence-corrected chi connectivity index (χ3v) is 12.0. The zero-order valence-electron chi connectivity index (χ0n) is 40.9. The molecule has 0 aromatic carbocycles. The van der Waals surface area contributed by atoms with Crippen molar-refractivity contribution < 1.29 is 73.8 Å². The summed E-state index contributed by atoms with van der Waals surface area (Å²) in [5.41, 5.74) is 0. The molecule has 15 heteroatoms. The Labute approximate surface area is 401 Å². The van der Waals surface area contributed by atoms with Crippen molar-refractivity contribution in [2.75, 3.05) is 26.4 Å². The summed E-state index contributed by atoms with van der Waals surface area (Å²) in [5, 5.41) is 72.1. The van der Waals surface area contributed by atoms with Crippen LogP contribution in [0.25, 0.3) is 0 Å². The molecule has 0 saturated carbocycles. The van der Waals surface area contributed by atoms with Crippen LogP contribution in [0.15, 0.2) is 48.6 Å². The Bertz CT molecular complexity index is 1350. The first-order chi connectivity index (χ1) is 32.5. The van der Waals surface area contributed by atoms with Gasteiger partial charge >= 0.3 is 11.9 Å². The van der Waals surface area contributed by atoms with Gasteiger partial charge in [0.15, 0.2) is 18.7 Å². The quantitative estimate of drug-likeness (QED) is 0.0185. The minimum absolute atomic E-state index is 0.145. The molecule has 2 rings (SSSR count). The monoisotopic (exact) mass is 955 g/mol. The highest BCUT2D eigenvalue weighted by Crippen LogP contribution is 2.26. The normalized spacial score (nSPS) is 26.3. The molecule has 0 radical (unpaired) electrons. The molecule has 11 atom stereocenters. The molecule has 0 amide bonds. The summed E-state index contributed by atoms with van der Waals surface area (Å²) in [6.07, 6.45) is 25.6. The van der Waals surface area contributed by atoms with E-state index in [4.69, 9.17) is 28.4 Å². The third kappa shape index (κ3) is 27.4. The summed E-state index contributed by atoms with van der Waals surface area (Å²) in [6, 6.07) is 0. The number of aliphatic hydroxyl groups is 7. The van der Waals surface area contributed by atoms with Crippen molar-refractivity contribution >= 4 is 11.9 Å². The maximum Gasteiger partial charge on any atom is 0.306 e. The standard InChI is InChI=1S/C52H90O15/c1-3-5-7-9-11-13-15-17-19-21-23-25-27-29-31-33-35-44(55)65-40(37-62-43(54)34-32-30-28-26-24-22-20-18-16-14-12-10-8-6-4-2)38-63-51-50(61)48(59)46(57)42(67-51)39-64-52-49(60)47(58)45(56)41(36-53)66-52/h12-15,18-21,40-42,45-53,56-61H,3-11,16-17,22-39H2,1-2H3/b14-12-,15-13-,20-18-,21-19-. The minimum atomic E-state index is -1.77. The van der Waals surface area contributed by atoms with E-state index in [9.17, 15) is 45.3 Å². The van der Waals surface area contributed by atoms with Gasteiger partial charge in [0, 0.05) is 12.8 Å². The summed E-state index contributed by atoms with van der Waals surface area (Å²) in [6.45, 7) is 2.51. The van der Waals surface area contributed by atoms with Gasteiger partial charge in [0.2, 0.25) is 0 Å². The zero-order valence-corrected chi connectivity index (χ0v) is 40.9. The van der Waals surface area contributed by atoms with Crippen LogP contribution >= 0.6 is 0 Å². The molecule has 0 aliphatic carbocycles. The highest BCUT2D eigenvalue weighted by atomic mass is 16.7. The van der Waals surface area contributed by atoms with Gasteiger partial charge in [-0.15, -0.1) is 0 Å². The number of rotatable bonds is 39. The Morgan fingerprint density at radius 3 is 1.42 bits per heavy atom. The molecule has 67 heavy (non-hydrogen) atoms. The second-order valence-corrected chi connectivity index (χ2v) is 18.0. The van der Waals surface area contributed by atoms with Crippen LogP contribution in [-0.4, -0.2) is 142 Å². The van der Waals surface area contributed by atoms with Gasteiger partial charge in [-0.1, -0.05) is 133 Å². The first-order valence-corrected chi connectivity index (χ1v) is 25.7. The van der Waals surface area contributed by atoms with Gasteiger partial charge < -0.3 is 64.2 Å². The SMILES string of the molecule is CCCCC/C=C\C/C=C\CCCCCCCC(=O)OCC(COC1OC(COC2OC(CO)C(O)C(O)C2O)C(O)C(O)C1O)OC(=O)CCCCCCC/C=C\C/C=C\CCCCCC. The predicted molar refractivity (Wildman–Crippen MR) is 257 cm³/mol. The van der Waals surface area contributed by atoms with Crippen LogP contribution in [0.5, 0.6) is 0 Å². The van der Waals surface area contributed by atoms with E-state index in [-0.39, 0.29) is 19.4 Å². The van der Waals surface area contributed by atoms with E-state index in [0.29, 0.717) is 12.8 Å². The number of esters is 2. The van der Waals surface area contributed by atoms with Crippen LogP contribution in [0.2, 0.25) is 0 Å². The molecule has 2 heterocycles. The topological polar surface area (TPSA) is 231 Å². The van der Waals surface area contributed by atoms with Gasteiger partial charge in [-0.25, -0.2) is 0 Å². The number of unbranched alkanes of at least 4 members (excludes halogenated alkanes) is 17. The number of carbonyl (C=O) groups excluding carboxylic acids is 2. The lowest BCUT2D eigenvalue weighted by Crippen LogP contribution is -2.61. The molecule has 0 bridgehead atoms. The molecule has 0 aromatic rings. The lowest BCUT2D eigenvalue weighted by atomic mass is 9.98. The molecule has 0 aromatic heterocycles. The second-order valence-electron chi connectivity index (χ2n) is 18.0. The average Bonchev–Trinajstić information content (AvgIpc) is 3.32. The van der Waals surface area contributed by atoms with Crippen LogP contribution in [0.3, 0.4) is 0 Å². The first kappa shape index (κ1) is 60.6. The molecule has 388 valence electrons. The minimum Gasteiger partial charge on any atom is -0.462 e. The second kappa shape index (κ2) is 39.2. The molecular formula is C52H90O15. The van der Waals surface area contributed by atoms with Gasteiger partial charge in [-0.05, 0) is 77.0 Å². The summed E-state index contributed by atoms with van der Waals surface area (Å²) < 4.78 is 33.5. The van der Waals surface area contributed by atoms with E-state index in [0.717, 1.165) is 89.9 Å². The van der Waals surface area contributed by atoms with Crippen LogP contribution in [0, 0.1) is 0 Å². The Balaban J connectivity index is 1.83. The van der Waals surface area contributed by atoms with Gasteiger partial charge in [-0.2, -0.15) is 0 Å². The van der Waals surface area contributed by atoms with E-state index < -0.39 is 99.3 Å². The molecule has 15 nitrogen and oxygen atoms in total. The van der Waals surface area contributed by atoms with Crippen LogP contribution < -0.4 is 0 Å². The molecule has 2 saturated heterocycles. The Kier molecular flexibility index (Phi) is 35.5. The van der Waals surface area contributed by atoms with E-state index >= 15 is 0 Å². The van der Waals surface area contributed by atoms with Crippen molar-refractivity contribution in [2.45, 2.75) is 242 Å². The summed E-state index contributed by atoms with van der Waals surface area (Å²) >= 11 is 0. The highest BCUT2D eigenvalue weighted by molar-refractivity contribution is 5.70. The molecule has 11 unspecified atom stereocenters. The summed E-state index contributed by atoms with van der Waals surface area (Å²) in [5.74, 6) is -0.958. The average molecular weight is 955 g/mol. The number of carbonyl (C=O) groups is 2. The Morgan fingerprint density at radius 1 is 0.478 bits per heavy atom. The predicted octanol–water partition coefficient (Wildman–Crippen LogP) is 7.10. The van der Waals surface area contributed by atoms with E-state index in [2.05, 4.69) is 62.5 Å². The molecular weight excluding hydrogens is 865 g/mol. The largest absolute Gasteiger partial charge is 0.462 e. The Morgan fingerprint density at radius 2 is 0.896 bits per heavy atom. The number of aliphatic hydroxyl groups excluding tert-OH is 7. The summed E-state index contributed by atoms with van der Waals surface area (Å²) in [7, 11) is 0. The Hall–Kier alpha value is -2.54. The number of allylic oxidation sites excluding steroid dienone is 8.